The van der Waals surface area contributed by atoms with E-state index in [2.05, 4.69) is 10.3 Å². The van der Waals surface area contributed by atoms with Crippen molar-refractivity contribution in [3.05, 3.63) is 0 Å². The van der Waals surface area contributed by atoms with Crippen molar-refractivity contribution >= 4 is 28.4 Å². The second kappa shape index (κ2) is 3.07. The number of nitrogens with one attached hydrogen (secondary N) is 1. The van der Waals surface area contributed by atoms with Crippen molar-refractivity contribution in [3.8, 4) is 0 Å². The van der Waals surface area contributed by atoms with Gasteiger partial charge >= 0.3 is 0 Å². The van der Waals surface area contributed by atoms with Crippen molar-refractivity contribution in [1.29, 1.82) is 0 Å². The van der Waals surface area contributed by atoms with Gasteiger partial charge in [0.05, 0.1) is 11.7 Å². The lowest BCUT2D eigenvalue weighted by Gasteiger charge is -2.26. The quantitative estimate of drug-likeness (QED) is 0.447. The summed E-state index contributed by atoms with van der Waals surface area (Å²) in [7, 11) is 0. The minimum atomic E-state index is -0.0833. The number of halogens is 2. The van der Waals surface area contributed by atoms with E-state index >= 15 is 0 Å². The van der Waals surface area contributed by atoms with Crippen molar-refractivity contribution < 1.29 is 0 Å². The standard InChI is InChI=1S/C6H10Cl2N2/c1-3-5(7)9-4(2)10-6(3)8/h3-5,9H,1-2H3. The highest BCUT2D eigenvalue weighted by Crippen LogP contribution is 2.18. The van der Waals surface area contributed by atoms with Crippen molar-refractivity contribution in [1.82, 2.24) is 5.32 Å². The molecule has 0 aromatic carbocycles. The lowest BCUT2D eigenvalue weighted by Crippen LogP contribution is -2.42. The van der Waals surface area contributed by atoms with Gasteiger partial charge in [-0.25, -0.2) is 0 Å². The monoisotopic (exact) mass is 180 g/mol. The SMILES string of the molecule is CC1N=C(Cl)C(C)C(Cl)N1. The van der Waals surface area contributed by atoms with Crippen LogP contribution in [0.4, 0.5) is 0 Å². The molecule has 0 amide bonds. The Morgan fingerprint density at radius 1 is 1.50 bits per heavy atom. The Kier molecular flexibility index (Phi) is 2.55. The summed E-state index contributed by atoms with van der Waals surface area (Å²) in [6, 6.07) is 0. The third kappa shape index (κ3) is 1.62. The molecule has 1 aliphatic rings. The van der Waals surface area contributed by atoms with Gasteiger partial charge in [-0.05, 0) is 6.92 Å². The van der Waals surface area contributed by atoms with E-state index in [0.29, 0.717) is 5.17 Å². The summed E-state index contributed by atoms with van der Waals surface area (Å²) in [5.74, 6) is 0.125. The third-order valence-corrected chi connectivity index (χ3v) is 2.48. The largest absolute Gasteiger partial charge is 0.279 e. The molecule has 0 spiro atoms. The summed E-state index contributed by atoms with van der Waals surface area (Å²) >= 11 is 11.7. The van der Waals surface area contributed by atoms with Crippen molar-refractivity contribution in [3.63, 3.8) is 0 Å². The van der Waals surface area contributed by atoms with Crippen LogP contribution < -0.4 is 5.32 Å². The van der Waals surface area contributed by atoms with E-state index in [9.17, 15) is 0 Å². The normalized spacial score (nSPS) is 41.2. The van der Waals surface area contributed by atoms with Crippen LogP contribution in [0.25, 0.3) is 0 Å². The van der Waals surface area contributed by atoms with Crippen molar-refractivity contribution in [2.24, 2.45) is 10.9 Å². The predicted octanol–water partition coefficient (Wildman–Crippen LogP) is 1.77. The molecule has 0 radical (unpaired) electrons. The van der Waals surface area contributed by atoms with Gasteiger partial charge in [0.2, 0.25) is 0 Å². The first-order valence-corrected chi connectivity index (χ1v) is 4.06. The maximum absolute atomic E-state index is 5.88. The number of aliphatic imine (C=N–C) groups is 1. The maximum atomic E-state index is 5.88. The highest BCUT2D eigenvalue weighted by atomic mass is 35.5. The Balaban J connectivity index is 2.71. The fourth-order valence-electron chi connectivity index (χ4n) is 0.835. The zero-order chi connectivity index (χ0) is 7.72. The van der Waals surface area contributed by atoms with Gasteiger partial charge in [-0.15, -0.1) is 11.6 Å². The van der Waals surface area contributed by atoms with Gasteiger partial charge in [-0.1, -0.05) is 18.5 Å². The second-order valence-corrected chi connectivity index (χ2v) is 3.34. The number of rotatable bonds is 0. The molecule has 1 aliphatic heterocycles. The van der Waals surface area contributed by atoms with Crippen LogP contribution in [0, 0.1) is 5.92 Å². The summed E-state index contributed by atoms with van der Waals surface area (Å²) < 4.78 is 0. The molecule has 0 aromatic rings. The molecular weight excluding hydrogens is 171 g/mol. The van der Waals surface area contributed by atoms with Crippen molar-refractivity contribution in [2.45, 2.75) is 25.5 Å². The number of alkyl halides is 1. The highest BCUT2D eigenvalue weighted by molar-refractivity contribution is 6.66. The van der Waals surface area contributed by atoms with Crippen LogP contribution in [0.5, 0.6) is 0 Å². The lowest BCUT2D eigenvalue weighted by molar-refractivity contribution is 0.469. The van der Waals surface area contributed by atoms with Gasteiger partial charge in [0.25, 0.3) is 0 Å². The van der Waals surface area contributed by atoms with Crippen LogP contribution in [0.15, 0.2) is 4.99 Å². The van der Waals surface area contributed by atoms with Crippen LogP contribution in [0.3, 0.4) is 0 Å². The molecule has 58 valence electrons. The van der Waals surface area contributed by atoms with Crippen LogP contribution in [-0.2, 0) is 0 Å². The van der Waals surface area contributed by atoms with Crippen molar-refractivity contribution in [2.75, 3.05) is 0 Å². The second-order valence-electron chi connectivity index (χ2n) is 2.48. The van der Waals surface area contributed by atoms with E-state index in [1.54, 1.807) is 0 Å². The summed E-state index contributed by atoms with van der Waals surface area (Å²) in [6.45, 7) is 3.87. The predicted molar refractivity (Wildman–Crippen MR) is 44.7 cm³/mol. The van der Waals surface area contributed by atoms with Crippen LogP contribution in [0.2, 0.25) is 0 Å². The van der Waals surface area contributed by atoms with Gasteiger partial charge in [0.15, 0.2) is 0 Å². The fraction of sp³-hybridized carbons (Fsp3) is 0.833. The summed E-state index contributed by atoms with van der Waals surface area (Å²) in [5.41, 5.74) is -0.0833. The van der Waals surface area contributed by atoms with E-state index in [4.69, 9.17) is 23.2 Å². The third-order valence-electron chi connectivity index (χ3n) is 1.53. The first-order valence-electron chi connectivity index (χ1n) is 3.24. The zero-order valence-electron chi connectivity index (χ0n) is 5.94. The number of nitrogens with zero attached hydrogens (tertiary/aromatic N) is 1. The summed E-state index contributed by atoms with van der Waals surface area (Å²) in [4.78, 5) is 4.10. The minimum absolute atomic E-state index is 0.0474. The van der Waals surface area contributed by atoms with Gasteiger partial charge < -0.3 is 0 Å². The molecular formula is C6H10Cl2N2. The first-order chi connectivity index (χ1) is 4.61. The minimum Gasteiger partial charge on any atom is -0.279 e. The van der Waals surface area contributed by atoms with E-state index in [-0.39, 0.29) is 17.6 Å². The average Bonchev–Trinajstić information content (AvgIpc) is 1.82. The van der Waals surface area contributed by atoms with Gasteiger partial charge in [0, 0.05) is 5.92 Å². The Labute approximate surface area is 70.6 Å². The molecule has 0 aliphatic carbocycles. The first kappa shape index (κ1) is 8.31. The molecule has 0 saturated heterocycles. The smallest absolute Gasteiger partial charge is 0.108 e. The molecule has 0 bridgehead atoms. The summed E-state index contributed by atoms with van der Waals surface area (Å²) in [6.07, 6.45) is 0.0474. The van der Waals surface area contributed by atoms with E-state index in [1.807, 2.05) is 13.8 Å². The number of hydrogen-bond donors (Lipinski definition) is 1. The Morgan fingerprint density at radius 3 is 2.60 bits per heavy atom. The Morgan fingerprint density at radius 2 is 2.10 bits per heavy atom. The fourth-order valence-corrected chi connectivity index (χ4v) is 1.47. The zero-order valence-corrected chi connectivity index (χ0v) is 7.45. The molecule has 3 atom stereocenters. The molecule has 2 nitrogen and oxygen atoms in total. The molecule has 3 unspecified atom stereocenters. The van der Waals surface area contributed by atoms with Gasteiger partial charge in [0.1, 0.15) is 5.17 Å². The van der Waals surface area contributed by atoms with E-state index in [1.165, 1.54) is 0 Å². The van der Waals surface area contributed by atoms with Gasteiger partial charge in [-0.3, -0.25) is 10.3 Å². The maximum Gasteiger partial charge on any atom is 0.108 e. The molecule has 10 heavy (non-hydrogen) atoms. The molecule has 1 rings (SSSR count). The Hall–Kier alpha value is 0.210. The molecule has 4 heteroatoms. The van der Waals surface area contributed by atoms with Crippen LogP contribution in [0.1, 0.15) is 13.8 Å². The molecule has 0 fully saturated rings. The van der Waals surface area contributed by atoms with E-state index in [0.717, 1.165) is 0 Å². The van der Waals surface area contributed by atoms with E-state index < -0.39 is 0 Å². The van der Waals surface area contributed by atoms with Gasteiger partial charge in [-0.2, -0.15) is 0 Å². The molecule has 0 aromatic heterocycles. The average molecular weight is 181 g/mol. The molecule has 1 heterocycles. The molecule has 0 saturated carbocycles. The highest BCUT2D eigenvalue weighted by Gasteiger charge is 2.24. The van der Waals surface area contributed by atoms with Crippen LogP contribution in [-0.4, -0.2) is 16.8 Å². The number of hydrogen-bond acceptors (Lipinski definition) is 2. The lowest BCUT2D eigenvalue weighted by atomic mass is 10.1. The molecule has 1 N–H and O–H groups in total. The van der Waals surface area contributed by atoms with Crippen LogP contribution >= 0.6 is 23.2 Å². The topological polar surface area (TPSA) is 24.4 Å². The summed E-state index contributed by atoms with van der Waals surface area (Å²) in [5, 5.41) is 3.67. The Bertz CT molecular complexity index is 158.